The van der Waals surface area contributed by atoms with E-state index in [1.165, 1.54) is 21.6 Å². The first-order chi connectivity index (χ1) is 14.1. The van der Waals surface area contributed by atoms with Gasteiger partial charge < -0.3 is 9.84 Å². The van der Waals surface area contributed by atoms with Gasteiger partial charge in [-0.15, -0.1) is 11.3 Å². The smallest absolute Gasteiger partial charge is 0.232 e. The molecule has 29 heavy (non-hydrogen) atoms. The van der Waals surface area contributed by atoms with Gasteiger partial charge in [0.1, 0.15) is 0 Å². The fraction of sp³-hybridized carbons (Fsp3) is 0.304. The van der Waals surface area contributed by atoms with E-state index < -0.39 is 0 Å². The number of unbranched alkanes of at least 4 members (excludes halogenated alkanes) is 1. The van der Waals surface area contributed by atoms with Gasteiger partial charge in [0.25, 0.3) is 0 Å². The fourth-order valence-electron chi connectivity index (χ4n) is 3.04. The summed E-state index contributed by atoms with van der Waals surface area (Å²) in [6.07, 6.45) is 5.96. The van der Waals surface area contributed by atoms with Crippen LogP contribution in [0, 0.1) is 6.92 Å². The summed E-state index contributed by atoms with van der Waals surface area (Å²) >= 11 is 7.91. The van der Waals surface area contributed by atoms with E-state index in [-0.39, 0.29) is 0 Å². The summed E-state index contributed by atoms with van der Waals surface area (Å²) in [7, 11) is 0. The average Bonchev–Trinajstić information content (AvgIpc) is 3.39. The number of aromatic nitrogens is 2. The van der Waals surface area contributed by atoms with Crippen molar-refractivity contribution in [2.24, 2.45) is 0 Å². The second kappa shape index (κ2) is 10.4. The number of benzene rings is 1. The molecule has 1 N–H and O–H groups in total. The fourth-order valence-corrected chi connectivity index (χ4v) is 3.91. The van der Waals surface area contributed by atoms with Crippen LogP contribution in [0.15, 0.2) is 52.9 Å². The molecule has 0 amide bonds. The van der Waals surface area contributed by atoms with Crippen molar-refractivity contribution in [3.05, 3.63) is 81.1 Å². The third-order valence-electron chi connectivity index (χ3n) is 4.60. The number of nitrogens with one attached hydrogen (secondary N) is 1. The first kappa shape index (κ1) is 21.3. The molecule has 0 bridgehead atoms. The zero-order valence-electron chi connectivity index (χ0n) is 16.9. The molecule has 0 unspecified atom stereocenters. The van der Waals surface area contributed by atoms with Crippen molar-refractivity contribution >= 4 is 34.2 Å². The van der Waals surface area contributed by atoms with E-state index in [1.807, 2.05) is 23.6 Å². The van der Waals surface area contributed by atoms with Gasteiger partial charge in [-0.05, 0) is 60.0 Å². The summed E-state index contributed by atoms with van der Waals surface area (Å²) in [6, 6.07) is 10.1. The van der Waals surface area contributed by atoms with Gasteiger partial charge in [0, 0.05) is 16.4 Å². The van der Waals surface area contributed by atoms with Crippen molar-refractivity contribution in [1.29, 1.82) is 0 Å². The van der Waals surface area contributed by atoms with Crippen molar-refractivity contribution < 1.29 is 4.52 Å². The Labute approximate surface area is 181 Å². The molecule has 0 saturated heterocycles. The summed E-state index contributed by atoms with van der Waals surface area (Å²) < 4.78 is 5.36. The van der Waals surface area contributed by atoms with Crippen molar-refractivity contribution in [3.63, 3.8) is 0 Å². The van der Waals surface area contributed by atoms with Gasteiger partial charge >= 0.3 is 0 Å². The van der Waals surface area contributed by atoms with Crippen molar-refractivity contribution in [2.75, 3.05) is 6.54 Å². The SMILES string of the molecule is C=C(NCC/C(=C/CCC)c1cc(Cl)ccc1C)c1noc(Cc2cccs2)n1. The van der Waals surface area contributed by atoms with Crippen LogP contribution in [0.25, 0.3) is 11.3 Å². The first-order valence-electron chi connectivity index (χ1n) is 9.80. The van der Waals surface area contributed by atoms with Crippen LogP contribution in [-0.2, 0) is 6.42 Å². The van der Waals surface area contributed by atoms with Gasteiger partial charge in [-0.2, -0.15) is 4.98 Å². The zero-order chi connectivity index (χ0) is 20.6. The number of allylic oxidation sites excluding steroid dienone is 1. The Morgan fingerprint density at radius 2 is 2.21 bits per heavy atom. The number of thiophene rings is 1. The highest BCUT2D eigenvalue weighted by Gasteiger charge is 2.11. The highest BCUT2D eigenvalue weighted by atomic mass is 35.5. The lowest BCUT2D eigenvalue weighted by Crippen LogP contribution is -2.14. The Bertz CT molecular complexity index is 976. The Kier molecular flexibility index (Phi) is 7.67. The zero-order valence-corrected chi connectivity index (χ0v) is 18.4. The largest absolute Gasteiger partial charge is 0.382 e. The predicted octanol–water partition coefficient (Wildman–Crippen LogP) is 6.52. The van der Waals surface area contributed by atoms with Gasteiger partial charge in [-0.1, -0.05) is 54.9 Å². The third kappa shape index (κ3) is 6.05. The number of hydrogen-bond acceptors (Lipinski definition) is 5. The van der Waals surface area contributed by atoms with Crippen LogP contribution < -0.4 is 5.32 Å². The van der Waals surface area contributed by atoms with Crippen LogP contribution in [0.1, 0.15) is 53.9 Å². The molecule has 0 atom stereocenters. The normalized spacial score (nSPS) is 11.6. The van der Waals surface area contributed by atoms with Gasteiger partial charge in [-0.3, -0.25) is 0 Å². The van der Waals surface area contributed by atoms with Crippen molar-refractivity contribution in [2.45, 2.75) is 39.5 Å². The minimum Gasteiger partial charge on any atom is -0.382 e. The molecule has 0 fully saturated rings. The molecule has 0 spiro atoms. The van der Waals surface area contributed by atoms with E-state index in [1.54, 1.807) is 11.3 Å². The number of nitrogens with zero attached hydrogens (tertiary/aromatic N) is 2. The molecule has 3 aromatic rings. The summed E-state index contributed by atoms with van der Waals surface area (Å²) in [4.78, 5) is 5.65. The lowest BCUT2D eigenvalue weighted by molar-refractivity contribution is 0.383. The molecule has 1 aromatic carbocycles. The van der Waals surface area contributed by atoms with E-state index in [4.69, 9.17) is 16.1 Å². The van der Waals surface area contributed by atoms with Crippen LogP contribution in [-0.4, -0.2) is 16.7 Å². The van der Waals surface area contributed by atoms with Gasteiger partial charge in [0.15, 0.2) is 0 Å². The molecule has 0 saturated carbocycles. The van der Waals surface area contributed by atoms with E-state index >= 15 is 0 Å². The standard InChI is InChI=1S/C23H26ClN3OS/c1-4-5-7-18(21-14-19(24)10-9-16(21)2)11-12-25-17(3)23-26-22(28-27-23)15-20-8-6-13-29-20/h6-10,13-14,25H,3-5,11-12,15H2,1-2H3/b18-7-. The Morgan fingerprint density at radius 3 is 2.97 bits per heavy atom. The maximum Gasteiger partial charge on any atom is 0.232 e. The minimum absolute atomic E-state index is 0.509. The Morgan fingerprint density at radius 1 is 1.34 bits per heavy atom. The summed E-state index contributed by atoms with van der Waals surface area (Å²) in [5, 5.41) is 10.2. The lowest BCUT2D eigenvalue weighted by Gasteiger charge is -2.13. The molecule has 4 nitrogen and oxygen atoms in total. The molecule has 6 heteroatoms. The van der Waals surface area contributed by atoms with Crippen LogP contribution >= 0.6 is 22.9 Å². The van der Waals surface area contributed by atoms with Crippen LogP contribution in [0.4, 0.5) is 0 Å². The van der Waals surface area contributed by atoms with E-state index in [0.29, 0.717) is 23.8 Å². The number of hydrogen-bond donors (Lipinski definition) is 1. The molecular weight excluding hydrogens is 402 g/mol. The van der Waals surface area contributed by atoms with E-state index in [0.717, 1.165) is 30.8 Å². The number of halogens is 1. The number of rotatable bonds is 10. The van der Waals surface area contributed by atoms with E-state index in [2.05, 4.69) is 54.1 Å². The molecule has 3 rings (SSSR count). The van der Waals surface area contributed by atoms with Crippen molar-refractivity contribution in [3.8, 4) is 0 Å². The van der Waals surface area contributed by atoms with Crippen molar-refractivity contribution in [1.82, 2.24) is 15.5 Å². The minimum atomic E-state index is 0.509. The Hall–Kier alpha value is -2.37. The molecule has 0 aliphatic heterocycles. The first-order valence-corrected chi connectivity index (χ1v) is 11.1. The molecule has 152 valence electrons. The molecule has 2 heterocycles. The molecule has 0 aliphatic carbocycles. The third-order valence-corrected chi connectivity index (χ3v) is 5.71. The predicted molar refractivity (Wildman–Crippen MR) is 122 cm³/mol. The lowest BCUT2D eigenvalue weighted by atomic mass is 9.96. The maximum atomic E-state index is 6.23. The van der Waals surface area contributed by atoms with Crippen LogP contribution in [0.2, 0.25) is 5.02 Å². The van der Waals surface area contributed by atoms with E-state index in [9.17, 15) is 0 Å². The molecule has 2 aromatic heterocycles. The van der Waals surface area contributed by atoms with Gasteiger partial charge in [0.2, 0.25) is 11.7 Å². The quantitative estimate of drug-likeness (QED) is 0.400. The topological polar surface area (TPSA) is 51.0 Å². The van der Waals surface area contributed by atoms with Gasteiger partial charge in [0.05, 0.1) is 12.1 Å². The highest BCUT2D eigenvalue weighted by molar-refractivity contribution is 7.09. The molecular formula is C23H26ClN3OS. The number of aryl methyl sites for hydroxylation is 1. The highest BCUT2D eigenvalue weighted by Crippen LogP contribution is 2.26. The average molecular weight is 428 g/mol. The summed E-state index contributed by atoms with van der Waals surface area (Å²) in [6.45, 7) is 9.10. The summed E-state index contributed by atoms with van der Waals surface area (Å²) in [5.74, 6) is 1.11. The summed E-state index contributed by atoms with van der Waals surface area (Å²) in [5.41, 5.74) is 4.39. The second-order valence-electron chi connectivity index (χ2n) is 6.90. The second-order valence-corrected chi connectivity index (χ2v) is 8.37. The molecule has 0 aliphatic rings. The molecule has 0 radical (unpaired) electrons. The van der Waals surface area contributed by atoms with Crippen LogP contribution in [0.3, 0.4) is 0 Å². The Balaban J connectivity index is 1.60. The van der Waals surface area contributed by atoms with Crippen LogP contribution in [0.5, 0.6) is 0 Å². The monoisotopic (exact) mass is 427 g/mol. The van der Waals surface area contributed by atoms with Gasteiger partial charge in [-0.25, -0.2) is 0 Å². The maximum absolute atomic E-state index is 6.23.